The number of rotatable bonds is 6. The third-order valence-electron chi connectivity index (χ3n) is 4.20. The van der Waals surface area contributed by atoms with E-state index in [4.69, 9.17) is 5.10 Å². The average Bonchev–Trinajstić information content (AvgIpc) is 3.13. The third kappa shape index (κ3) is 3.21. The van der Waals surface area contributed by atoms with Gasteiger partial charge in [-0.15, -0.1) is 5.10 Å². The summed E-state index contributed by atoms with van der Waals surface area (Å²) in [5.41, 5.74) is 1.01. The first kappa shape index (κ1) is 15.2. The quantitative estimate of drug-likeness (QED) is 0.819. The highest BCUT2D eigenvalue weighted by molar-refractivity contribution is 5.48. The molecular weight excluding hydrogens is 276 g/mol. The van der Waals surface area contributed by atoms with E-state index in [9.17, 15) is 0 Å². The fraction of sp³-hybridized carbons (Fsp3) is 0.688. The fourth-order valence-electron chi connectivity index (χ4n) is 3.00. The van der Waals surface area contributed by atoms with E-state index < -0.39 is 0 Å². The zero-order chi connectivity index (χ0) is 15.5. The number of fused-ring (bicyclic) bond motifs is 1. The number of hydrogen-bond donors (Lipinski definition) is 0. The van der Waals surface area contributed by atoms with Gasteiger partial charge in [0.2, 0.25) is 0 Å². The Bertz CT molecular complexity index is 629. The van der Waals surface area contributed by atoms with Crippen molar-refractivity contribution in [1.29, 1.82) is 0 Å². The van der Waals surface area contributed by atoms with Gasteiger partial charge in [0, 0.05) is 24.8 Å². The maximum absolute atomic E-state index is 4.71. The van der Waals surface area contributed by atoms with Gasteiger partial charge in [0.25, 0.3) is 5.78 Å². The summed E-state index contributed by atoms with van der Waals surface area (Å²) in [7, 11) is 2.13. The Morgan fingerprint density at radius 3 is 2.73 bits per heavy atom. The second-order valence-corrected chi connectivity index (χ2v) is 6.28. The van der Waals surface area contributed by atoms with E-state index in [-0.39, 0.29) is 0 Å². The average molecular weight is 302 g/mol. The Labute approximate surface area is 132 Å². The molecule has 0 spiro atoms. The van der Waals surface area contributed by atoms with Crippen LogP contribution in [0.15, 0.2) is 6.07 Å². The highest BCUT2D eigenvalue weighted by atomic mass is 15.4. The van der Waals surface area contributed by atoms with E-state index in [2.05, 4.69) is 39.8 Å². The van der Waals surface area contributed by atoms with E-state index in [0.29, 0.717) is 0 Å². The number of aromatic nitrogens is 4. The molecule has 1 aliphatic heterocycles. The normalized spacial score (nSPS) is 15.4. The first-order chi connectivity index (χ1) is 10.7. The molecule has 0 aliphatic carbocycles. The lowest BCUT2D eigenvalue weighted by Gasteiger charge is -2.18. The van der Waals surface area contributed by atoms with Crippen LogP contribution in [0.1, 0.15) is 44.1 Å². The van der Waals surface area contributed by atoms with Crippen molar-refractivity contribution in [2.45, 2.75) is 46.1 Å². The van der Waals surface area contributed by atoms with Gasteiger partial charge in [-0.2, -0.15) is 9.50 Å². The van der Waals surface area contributed by atoms with Crippen LogP contribution in [0.5, 0.6) is 0 Å². The van der Waals surface area contributed by atoms with Gasteiger partial charge in [0.1, 0.15) is 5.82 Å². The molecule has 120 valence electrons. The summed E-state index contributed by atoms with van der Waals surface area (Å²) in [6, 6.07) is 2.12. The standard InChI is InChI=1S/C16H26N6/c1-4-5-8-20(3)12-14-18-16-17-13(2)11-15(22(16)19-14)21-9-6-7-10-21/h11H,4-10,12H2,1-3H3. The van der Waals surface area contributed by atoms with Crippen LogP contribution in [0.2, 0.25) is 0 Å². The first-order valence-electron chi connectivity index (χ1n) is 8.34. The molecule has 1 saturated heterocycles. The van der Waals surface area contributed by atoms with E-state index in [1.807, 2.05) is 11.4 Å². The zero-order valence-electron chi connectivity index (χ0n) is 13.9. The van der Waals surface area contributed by atoms with E-state index in [1.165, 1.54) is 25.7 Å². The predicted octanol–water partition coefficient (Wildman–Crippen LogP) is 2.26. The summed E-state index contributed by atoms with van der Waals surface area (Å²) in [5.74, 6) is 2.72. The molecule has 0 N–H and O–H groups in total. The third-order valence-corrected chi connectivity index (χ3v) is 4.20. The van der Waals surface area contributed by atoms with Gasteiger partial charge in [-0.1, -0.05) is 13.3 Å². The van der Waals surface area contributed by atoms with Crippen molar-refractivity contribution in [3.05, 3.63) is 17.6 Å². The summed E-state index contributed by atoms with van der Waals surface area (Å²) >= 11 is 0. The molecule has 0 unspecified atom stereocenters. The van der Waals surface area contributed by atoms with Gasteiger partial charge >= 0.3 is 0 Å². The molecule has 22 heavy (non-hydrogen) atoms. The summed E-state index contributed by atoms with van der Waals surface area (Å²) in [4.78, 5) is 13.8. The molecule has 6 nitrogen and oxygen atoms in total. The first-order valence-corrected chi connectivity index (χ1v) is 8.34. The van der Waals surface area contributed by atoms with Crippen LogP contribution in [0.4, 0.5) is 5.82 Å². The van der Waals surface area contributed by atoms with Gasteiger partial charge in [-0.05, 0) is 39.8 Å². The second-order valence-electron chi connectivity index (χ2n) is 6.28. The highest BCUT2D eigenvalue weighted by Crippen LogP contribution is 2.21. The Hall–Kier alpha value is -1.69. The number of anilines is 1. The lowest BCUT2D eigenvalue weighted by molar-refractivity contribution is 0.313. The molecule has 1 aliphatic rings. The van der Waals surface area contributed by atoms with Gasteiger partial charge < -0.3 is 4.90 Å². The molecular formula is C16H26N6. The molecule has 3 heterocycles. The van der Waals surface area contributed by atoms with Crippen molar-refractivity contribution in [3.8, 4) is 0 Å². The summed E-state index contributed by atoms with van der Waals surface area (Å²) in [6.45, 7) is 8.31. The summed E-state index contributed by atoms with van der Waals surface area (Å²) in [5, 5.41) is 4.71. The Balaban J connectivity index is 1.86. The van der Waals surface area contributed by atoms with Crippen molar-refractivity contribution < 1.29 is 0 Å². The Kier molecular flexibility index (Phi) is 4.57. The molecule has 2 aromatic heterocycles. The monoisotopic (exact) mass is 302 g/mol. The number of hydrogen-bond acceptors (Lipinski definition) is 5. The van der Waals surface area contributed by atoms with E-state index >= 15 is 0 Å². The van der Waals surface area contributed by atoms with Crippen molar-refractivity contribution in [2.24, 2.45) is 0 Å². The maximum Gasteiger partial charge on any atom is 0.254 e. The van der Waals surface area contributed by atoms with E-state index in [1.54, 1.807) is 0 Å². The minimum Gasteiger partial charge on any atom is -0.356 e. The fourth-order valence-corrected chi connectivity index (χ4v) is 3.00. The van der Waals surface area contributed by atoms with Crippen LogP contribution in [-0.4, -0.2) is 51.2 Å². The molecule has 0 aromatic carbocycles. The van der Waals surface area contributed by atoms with Gasteiger partial charge in [0.05, 0.1) is 6.54 Å². The SMILES string of the molecule is CCCCN(C)Cc1nc2nc(C)cc(N3CCCC3)n2n1. The number of nitrogens with zero attached hydrogens (tertiary/aromatic N) is 6. The van der Waals surface area contributed by atoms with Crippen LogP contribution in [-0.2, 0) is 6.54 Å². The largest absolute Gasteiger partial charge is 0.356 e. The van der Waals surface area contributed by atoms with Crippen molar-refractivity contribution >= 4 is 11.6 Å². The topological polar surface area (TPSA) is 49.6 Å². The molecule has 2 aromatic rings. The molecule has 0 bridgehead atoms. The highest BCUT2D eigenvalue weighted by Gasteiger charge is 2.18. The lowest BCUT2D eigenvalue weighted by Crippen LogP contribution is -2.22. The molecule has 1 fully saturated rings. The lowest BCUT2D eigenvalue weighted by atomic mass is 10.3. The zero-order valence-corrected chi connectivity index (χ0v) is 13.9. The van der Waals surface area contributed by atoms with Gasteiger partial charge in [0.15, 0.2) is 5.82 Å². The van der Waals surface area contributed by atoms with Crippen molar-refractivity contribution in [2.75, 3.05) is 31.6 Å². The van der Waals surface area contributed by atoms with Crippen LogP contribution in [0, 0.1) is 6.92 Å². The summed E-state index contributed by atoms with van der Waals surface area (Å²) in [6.07, 6.45) is 4.93. The molecule has 6 heteroatoms. The van der Waals surface area contributed by atoms with Crippen LogP contribution in [0.25, 0.3) is 5.78 Å². The van der Waals surface area contributed by atoms with Crippen molar-refractivity contribution in [3.63, 3.8) is 0 Å². The predicted molar refractivity (Wildman–Crippen MR) is 88.2 cm³/mol. The van der Waals surface area contributed by atoms with Gasteiger partial charge in [-0.25, -0.2) is 4.98 Å². The van der Waals surface area contributed by atoms with E-state index in [0.717, 1.165) is 49.3 Å². The molecule has 0 atom stereocenters. The van der Waals surface area contributed by atoms with Crippen LogP contribution in [0.3, 0.4) is 0 Å². The Morgan fingerprint density at radius 1 is 1.23 bits per heavy atom. The van der Waals surface area contributed by atoms with Crippen molar-refractivity contribution in [1.82, 2.24) is 24.5 Å². The number of aryl methyl sites for hydroxylation is 1. The van der Waals surface area contributed by atoms with Crippen LogP contribution < -0.4 is 4.90 Å². The second kappa shape index (κ2) is 6.60. The minimum absolute atomic E-state index is 0.723. The molecule has 3 rings (SSSR count). The maximum atomic E-state index is 4.71. The smallest absolute Gasteiger partial charge is 0.254 e. The Morgan fingerprint density at radius 2 is 2.00 bits per heavy atom. The van der Waals surface area contributed by atoms with Gasteiger partial charge in [-0.3, -0.25) is 4.90 Å². The molecule has 0 saturated carbocycles. The van der Waals surface area contributed by atoms with Crippen LogP contribution >= 0.6 is 0 Å². The minimum atomic E-state index is 0.723. The molecule has 0 amide bonds. The number of unbranched alkanes of at least 4 members (excludes halogenated alkanes) is 1. The molecule has 0 radical (unpaired) electrons. The summed E-state index contributed by atoms with van der Waals surface area (Å²) < 4.78 is 1.92.